The van der Waals surface area contributed by atoms with Gasteiger partial charge in [-0.1, -0.05) is 44.5 Å². The molecule has 0 N–H and O–H groups in total. The van der Waals surface area contributed by atoms with Gasteiger partial charge in [-0.15, -0.1) is 0 Å². The molecule has 37 heavy (non-hydrogen) atoms. The highest BCUT2D eigenvalue weighted by Gasteiger charge is 2.23. The molecule has 0 fully saturated rings. The molecule has 9 heteroatoms. The van der Waals surface area contributed by atoms with Crippen LogP contribution in [0.1, 0.15) is 21.6 Å². The molecule has 0 aliphatic heterocycles. The lowest BCUT2D eigenvalue weighted by Crippen LogP contribution is -2.15. The minimum absolute atomic E-state index is 0.00986. The van der Waals surface area contributed by atoms with Crippen molar-refractivity contribution >= 4 is 67.3 Å². The van der Waals surface area contributed by atoms with Crippen LogP contribution in [0, 0.1) is 10.7 Å². The van der Waals surface area contributed by atoms with E-state index >= 15 is 0 Å². The molecule has 2 heterocycles. The van der Waals surface area contributed by atoms with Gasteiger partial charge in [-0.05, 0) is 90.8 Å². The van der Waals surface area contributed by atoms with E-state index in [1.165, 1.54) is 0 Å². The number of rotatable bonds is 6. The van der Waals surface area contributed by atoms with Crippen LogP contribution in [-0.4, -0.2) is 23.6 Å². The number of hydrogen-bond acceptors (Lipinski definition) is 7. The molecule has 0 amide bonds. The van der Waals surface area contributed by atoms with E-state index in [-0.39, 0.29) is 12.3 Å². The minimum Gasteiger partial charge on any atom is -0.497 e. The third kappa shape index (κ3) is 5.24. The van der Waals surface area contributed by atoms with E-state index in [4.69, 9.17) is 33.3 Å². The summed E-state index contributed by atoms with van der Waals surface area (Å²) in [5, 5.41) is 1.30. The predicted octanol–water partition coefficient (Wildman–Crippen LogP) is 7.97. The zero-order valence-electron chi connectivity index (χ0n) is 19.8. The summed E-state index contributed by atoms with van der Waals surface area (Å²) in [5.41, 5.74) is 3.56. The quantitative estimate of drug-likeness (QED) is 0.0904. The highest BCUT2D eigenvalue weighted by Crippen LogP contribution is 2.32. The molecule has 0 radical (unpaired) electrons. The summed E-state index contributed by atoms with van der Waals surface area (Å²) in [6.45, 7) is 1.83. The normalized spacial score (nSPS) is 11.0. The molecule has 0 unspecified atom stereocenters. The molecule has 0 spiro atoms. The van der Waals surface area contributed by atoms with Crippen LogP contribution in [0.2, 0.25) is 5.02 Å². The molecule has 0 aliphatic rings. The average Bonchev–Trinajstić information content (AvgIpc) is 3.45. The van der Waals surface area contributed by atoms with Crippen molar-refractivity contribution in [2.45, 2.75) is 13.3 Å². The Morgan fingerprint density at radius 3 is 2.30 bits per heavy atom. The summed E-state index contributed by atoms with van der Waals surface area (Å²) >= 11 is 11.2. The molecule has 186 valence electrons. The Morgan fingerprint density at radius 1 is 0.946 bits per heavy atom. The minimum atomic E-state index is -0.428. The number of methoxy groups -OCH3 is 1. The van der Waals surface area contributed by atoms with Crippen molar-refractivity contribution in [3.05, 3.63) is 98.5 Å². The summed E-state index contributed by atoms with van der Waals surface area (Å²) in [4.78, 5) is 27.5. The maximum Gasteiger partial charge on any atom is 0.315 e. The van der Waals surface area contributed by atoms with Crippen LogP contribution < -0.4 is 9.47 Å². The lowest BCUT2D eigenvalue weighted by atomic mass is 10.1. The van der Waals surface area contributed by atoms with Gasteiger partial charge in [0.15, 0.2) is 0 Å². The Kier molecular flexibility index (Phi) is 7.26. The lowest BCUT2D eigenvalue weighted by Gasteiger charge is -2.08. The SMILES string of the molecule is COc1ccc2c(c1)c(CC(=O)Oc1ccc(-c3cc(=S)ss3)cc1)c(C)n2C(=O)c1ccc(Cl)cc1. The highest BCUT2D eigenvalue weighted by molar-refractivity contribution is 7.80. The fourth-order valence-electron chi connectivity index (χ4n) is 4.17. The second-order valence-electron chi connectivity index (χ2n) is 8.26. The second kappa shape index (κ2) is 10.6. The number of esters is 1. The third-order valence-electron chi connectivity index (χ3n) is 5.99. The van der Waals surface area contributed by atoms with E-state index in [9.17, 15) is 9.59 Å². The van der Waals surface area contributed by atoms with Crippen molar-refractivity contribution in [1.82, 2.24) is 4.57 Å². The number of aromatic nitrogens is 1. The van der Waals surface area contributed by atoms with E-state index < -0.39 is 5.97 Å². The second-order valence-corrected chi connectivity index (χ2v) is 11.6. The molecule has 0 bridgehead atoms. The number of nitrogens with zero attached hydrogens (tertiary/aromatic N) is 1. The summed E-state index contributed by atoms with van der Waals surface area (Å²) < 4.78 is 13.5. The van der Waals surface area contributed by atoms with E-state index in [0.717, 1.165) is 19.7 Å². The van der Waals surface area contributed by atoms with Crippen LogP contribution in [0.4, 0.5) is 0 Å². The smallest absolute Gasteiger partial charge is 0.315 e. The number of fused-ring (bicyclic) bond motifs is 1. The first kappa shape index (κ1) is 25.4. The number of benzene rings is 3. The van der Waals surface area contributed by atoms with Crippen LogP contribution >= 0.6 is 44.5 Å². The molecule has 0 saturated heterocycles. The van der Waals surface area contributed by atoms with Crippen LogP contribution in [0.5, 0.6) is 11.5 Å². The largest absolute Gasteiger partial charge is 0.497 e. The number of carbonyl (C=O) groups is 2. The molecule has 0 atom stereocenters. The number of carbonyl (C=O) groups excluding carboxylic acids is 2. The first-order chi connectivity index (χ1) is 17.8. The maximum absolute atomic E-state index is 13.5. The molecule has 0 aliphatic carbocycles. The number of halogens is 1. The van der Waals surface area contributed by atoms with Crippen molar-refractivity contribution < 1.29 is 19.1 Å². The van der Waals surface area contributed by atoms with E-state index in [2.05, 4.69) is 0 Å². The van der Waals surface area contributed by atoms with Crippen LogP contribution in [0.3, 0.4) is 0 Å². The molecule has 3 aromatic carbocycles. The number of hydrogen-bond donors (Lipinski definition) is 0. The Morgan fingerprint density at radius 2 is 1.65 bits per heavy atom. The zero-order chi connectivity index (χ0) is 26.1. The molecule has 5 nitrogen and oxygen atoms in total. The van der Waals surface area contributed by atoms with Gasteiger partial charge in [-0.25, -0.2) is 0 Å². The van der Waals surface area contributed by atoms with E-state index in [1.54, 1.807) is 74.8 Å². The van der Waals surface area contributed by atoms with Crippen molar-refractivity contribution in [3.63, 3.8) is 0 Å². The van der Waals surface area contributed by atoms with Crippen molar-refractivity contribution in [2.75, 3.05) is 7.11 Å². The van der Waals surface area contributed by atoms with Gasteiger partial charge in [-0.2, -0.15) is 0 Å². The zero-order valence-corrected chi connectivity index (χ0v) is 23.0. The average molecular weight is 566 g/mol. The number of ether oxygens (including phenoxy) is 2. The Balaban J connectivity index is 1.45. The van der Waals surface area contributed by atoms with E-state index in [1.807, 2.05) is 37.3 Å². The van der Waals surface area contributed by atoms with Gasteiger partial charge < -0.3 is 9.47 Å². The molecule has 0 saturated carbocycles. The summed E-state index contributed by atoms with van der Waals surface area (Å²) in [6.07, 6.45) is -0.00986. The van der Waals surface area contributed by atoms with Gasteiger partial charge in [0, 0.05) is 26.5 Å². The van der Waals surface area contributed by atoms with Gasteiger partial charge in [0.1, 0.15) is 15.3 Å². The first-order valence-electron chi connectivity index (χ1n) is 11.2. The predicted molar refractivity (Wildman–Crippen MR) is 152 cm³/mol. The van der Waals surface area contributed by atoms with Gasteiger partial charge in [0.25, 0.3) is 5.91 Å². The van der Waals surface area contributed by atoms with Crippen molar-refractivity contribution in [3.8, 4) is 21.9 Å². The Labute approximate surface area is 230 Å². The third-order valence-corrected chi connectivity index (χ3v) is 9.15. The maximum atomic E-state index is 13.5. The fraction of sp³-hybridized carbons (Fsp3) is 0.107. The summed E-state index contributed by atoms with van der Waals surface area (Å²) in [5.74, 6) is 0.438. The lowest BCUT2D eigenvalue weighted by molar-refractivity contribution is -0.133. The van der Waals surface area contributed by atoms with Crippen LogP contribution in [-0.2, 0) is 11.2 Å². The monoisotopic (exact) mass is 565 g/mol. The van der Waals surface area contributed by atoms with Crippen LogP contribution in [0.15, 0.2) is 72.8 Å². The Hall–Kier alpha value is -3.30. The first-order valence-corrected chi connectivity index (χ1v) is 14.2. The van der Waals surface area contributed by atoms with Crippen molar-refractivity contribution in [2.24, 2.45) is 0 Å². The van der Waals surface area contributed by atoms with E-state index in [0.29, 0.717) is 38.9 Å². The highest BCUT2D eigenvalue weighted by atomic mass is 35.5. The van der Waals surface area contributed by atoms with Gasteiger partial charge >= 0.3 is 5.97 Å². The molecule has 2 aromatic heterocycles. The summed E-state index contributed by atoms with van der Waals surface area (Å²) in [6, 6.07) is 21.5. The Bertz CT molecular complexity index is 1680. The summed E-state index contributed by atoms with van der Waals surface area (Å²) in [7, 11) is 4.75. The molecular formula is C28H20ClNO4S3. The fourth-order valence-corrected chi connectivity index (χ4v) is 6.70. The van der Waals surface area contributed by atoms with Gasteiger partial charge in [-0.3, -0.25) is 14.2 Å². The van der Waals surface area contributed by atoms with Crippen LogP contribution in [0.25, 0.3) is 21.3 Å². The van der Waals surface area contributed by atoms with Crippen molar-refractivity contribution in [1.29, 1.82) is 0 Å². The topological polar surface area (TPSA) is 57.5 Å². The van der Waals surface area contributed by atoms with Gasteiger partial charge in [0.2, 0.25) is 0 Å². The molecular weight excluding hydrogens is 546 g/mol. The molecule has 5 aromatic rings. The standard InChI is InChI=1S/C28H20ClNO4S3/c1-16-22(14-26(31)34-20-9-5-17(6-10-20)25-15-27(35)37-36-25)23-13-21(33-2)11-12-24(23)30(16)28(32)18-3-7-19(29)8-4-18/h3-13,15H,14H2,1-2H3. The molecule has 5 rings (SSSR count). The van der Waals surface area contributed by atoms with Gasteiger partial charge in [0.05, 0.1) is 19.0 Å².